The normalized spacial score (nSPS) is 25.5. The molecular weight excluding hydrogens is 254 g/mol. The fourth-order valence-electron chi connectivity index (χ4n) is 4.36. The van der Waals surface area contributed by atoms with Crippen molar-refractivity contribution in [1.29, 1.82) is 0 Å². The van der Waals surface area contributed by atoms with Gasteiger partial charge < -0.3 is 5.32 Å². The molecule has 0 spiro atoms. The van der Waals surface area contributed by atoms with Gasteiger partial charge in [-0.1, -0.05) is 70.2 Å². The molecule has 3 rings (SSSR count). The van der Waals surface area contributed by atoms with E-state index in [2.05, 4.69) is 43.4 Å². The molecule has 1 aromatic carbocycles. The minimum Gasteiger partial charge on any atom is -0.309 e. The van der Waals surface area contributed by atoms with E-state index in [1.54, 1.807) is 11.1 Å². The van der Waals surface area contributed by atoms with Gasteiger partial charge in [0.1, 0.15) is 0 Å². The summed E-state index contributed by atoms with van der Waals surface area (Å²) in [5.41, 5.74) is 3.49. The summed E-state index contributed by atoms with van der Waals surface area (Å²) in [7, 11) is 0. The lowest BCUT2D eigenvalue weighted by Gasteiger charge is -2.41. The van der Waals surface area contributed by atoms with Gasteiger partial charge in [-0.3, -0.25) is 0 Å². The maximum atomic E-state index is 3.92. The Hall–Kier alpha value is -0.820. The van der Waals surface area contributed by atoms with Crippen LogP contribution in [0.3, 0.4) is 0 Å². The van der Waals surface area contributed by atoms with Crippen molar-refractivity contribution >= 4 is 0 Å². The van der Waals surface area contributed by atoms with Crippen molar-refractivity contribution in [2.45, 2.75) is 71.3 Å². The Labute approximate surface area is 130 Å². The van der Waals surface area contributed by atoms with Crippen LogP contribution < -0.4 is 5.32 Å². The topological polar surface area (TPSA) is 12.0 Å². The number of nitrogens with one attached hydrogen (secondary N) is 1. The highest BCUT2D eigenvalue weighted by Gasteiger charge is 2.35. The Balaban J connectivity index is 1.62. The Bertz CT molecular complexity index is 457. The molecule has 1 atom stereocenters. The van der Waals surface area contributed by atoms with E-state index in [1.165, 1.54) is 57.9 Å². The van der Waals surface area contributed by atoms with E-state index in [-0.39, 0.29) is 0 Å². The molecule has 1 saturated carbocycles. The summed E-state index contributed by atoms with van der Waals surface area (Å²) >= 11 is 0. The van der Waals surface area contributed by atoms with Gasteiger partial charge in [0.15, 0.2) is 0 Å². The molecule has 1 aromatic rings. The zero-order valence-corrected chi connectivity index (χ0v) is 13.8. The molecule has 0 saturated heterocycles. The lowest BCUT2D eigenvalue weighted by molar-refractivity contribution is 0.203. The van der Waals surface area contributed by atoms with Gasteiger partial charge in [0.05, 0.1) is 0 Å². The van der Waals surface area contributed by atoms with E-state index in [1.807, 2.05) is 0 Å². The summed E-state index contributed by atoms with van der Waals surface area (Å²) < 4.78 is 0. The van der Waals surface area contributed by atoms with Crippen LogP contribution in [0.15, 0.2) is 24.3 Å². The van der Waals surface area contributed by atoms with E-state index in [4.69, 9.17) is 0 Å². The largest absolute Gasteiger partial charge is 0.309 e. The van der Waals surface area contributed by atoms with Crippen molar-refractivity contribution in [3.8, 4) is 0 Å². The monoisotopic (exact) mass is 285 g/mol. The second-order valence-electron chi connectivity index (χ2n) is 7.87. The average Bonchev–Trinajstić information content (AvgIpc) is 2.50. The average molecular weight is 285 g/mol. The van der Waals surface area contributed by atoms with Crippen LogP contribution in [0, 0.1) is 11.3 Å². The molecule has 1 heteroatoms. The second kappa shape index (κ2) is 6.52. The van der Waals surface area contributed by atoms with Gasteiger partial charge in [0.25, 0.3) is 0 Å². The van der Waals surface area contributed by atoms with Gasteiger partial charge in [0.2, 0.25) is 0 Å². The molecule has 21 heavy (non-hydrogen) atoms. The molecule has 0 amide bonds. The predicted molar refractivity (Wildman–Crippen MR) is 90.5 cm³/mol. The molecule has 0 aromatic heterocycles. The lowest BCUT2D eigenvalue weighted by atomic mass is 9.70. The molecule has 2 aliphatic carbocycles. The third kappa shape index (κ3) is 3.51. The van der Waals surface area contributed by atoms with Crippen LogP contribution in [0.1, 0.15) is 76.0 Å². The minimum atomic E-state index is 0.376. The maximum Gasteiger partial charge on any atom is 0.0374 e. The number of aryl methyl sites for hydroxylation is 1. The first-order valence-electron chi connectivity index (χ1n) is 8.98. The van der Waals surface area contributed by atoms with Crippen LogP contribution >= 0.6 is 0 Å². The van der Waals surface area contributed by atoms with Gasteiger partial charge in [-0.2, -0.15) is 0 Å². The van der Waals surface area contributed by atoms with Crippen molar-refractivity contribution in [2.24, 2.45) is 11.3 Å². The maximum absolute atomic E-state index is 3.92. The first-order chi connectivity index (χ1) is 10.2. The Morgan fingerprint density at radius 2 is 1.86 bits per heavy atom. The van der Waals surface area contributed by atoms with Crippen molar-refractivity contribution in [3.63, 3.8) is 0 Å². The molecule has 0 bridgehead atoms. The summed E-state index contributed by atoms with van der Waals surface area (Å²) in [6, 6.07) is 9.59. The molecule has 0 heterocycles. The standard InChI is InChI=1S/C20H31N/c1-20(2)14-12-17-10-6-7-11-18(17)19(20)21-15-13-16-8-4-3-5-9-16/h6-7,10-11,16,19,21H,3-5,8-9,12-15H2,1-2H3. The fourth-order valence-corrected chi connectivity index (χ4v) is 4.36. The zero-order chi connectivity index (χ0) is 14.7. The number of fused-ring (bicyclic) bond motifs is 1. The van der Waals surface area contributed by atoms with Gasteiger partial charge in [-0.05, 0) is 48.3 Å². The number of hydrogen-bond donors (Lipinski definition) is 1. The van der Waals surface area contributed by atoms with E-state index in [0.717, 1.165) is 5.92 Å². The quantitative estimate of drug-likeness (QED) is 0.795. The fraction of sp³-hybridized carbons (Fsp3) is 0.700. The SMILES string of the molecule is CC1(C)CCc2ccccc2C1NCCC1CCCCC1. The number of hydrogen-bond acceptors (Lipinski definition) is 1. The highest BCUT2D eigenvalue weighted by atomic mass is 14.9. The molecule has 1 fully saturated rings. The van der Waals surface area contributed by atoms with Crippen molar-refractivity contribution in [3.05, 3.63) is 35.4 Å². The highest BCUT2D eigenvalue weighted by molar-refractivity contribution is 5.34. The van der Waals surface area contributed by atoms with Crippen molar-refractivity contribution in [2.75, 3.05) is 6.54 Å². The molecule has 1 unspecified atom stereocenters. The minimum absolute atomic E-state index is 0.376. The zero-order valence-electron chi connectivity index (χ0n) is 13.8. The summed E-state index contributed by atoms with van der Waals surface area (Å²) in [5.74, 6) is 0.980. The van der Waals surface area contributed by atoms with Crippen LogP contribution in [0.25, 0.3) is 0 Å². The number of rotatable bonds is 4. The Morgan fingerprint density at radius 3 is 2.67 bits per heavy atom. The summed E-state index contributed by atoms with van der Waals surface area (Å²) in [6.45, 7) is 6.05. The van der Waals surface area contributed by atoms with Gasteiger partial charge in [0, 0.05) is 6.04 Å². The number of benzene rings is 1. The summed E-state index contributed by atoms with van der Waals surface area (Å²) in [6.07, 6.45) is 11.2. The third-order valence-corrected chi connectivity index (χ3v) is 5.81. The van der Waals surface area contributed by atoms with Crippen molar-refractivity contribution in [1.82, 2.24) is 5.32 Å². The molecule has 0 radical (unpaired) electrons. The van der Waals surface area contributed by atoms with Crippen LogP contribution in [0.2, 0.25) is 0 Å². The van der Waals surface area contributed by atoms with Gasteiger partial charge in [-0.25, -0.2) is 0 Å². The van der Waals surface area contributed by atoms with Crippen molar-refractivity contribution < 1.29 is 0 Å². The van der Waals surface area contributed by atoms with Crippen LogP contribution in [0.5, 0.6) is 0 Å². The molecular formula is C20H31N. The highest BCUT2D eigenvalue weighted by Crippen LogP contribution is 2.43. The van der Waals surface area contributed by atoms with Crippen LogP contribution in [-0.4, -0.2) is 6.54 Å². The second-order valence-corrected chi connectivity index (χ2v) is 7.87. The molecule has 116 valence electrons. The Morgan fingerprint density at radius 1 is 1.10 bits per heavy atom. The Kier molecular flexibility index (Phi) is 4.69. The predicted octanol–water partition coefficient (Wildman–Crippen LogP) is 5.26. The summed E-state index contributed by atoms with van der Waals surface area (Å²) in [4.78, 5) is 0. The molecule has 2 aliphatic rings. The molecule has 1 nitrogen and oxygen atoms in total. The summed E-state index contributed by atoms with van der Waals surface area (Å²) in [5, 5.41) is 3.92. The van der Waals surface area contributed by atoms with Gasteiger partial charge >= 0.3 is 0 Å². The molecule has 0 aliphatic heterocycles. The first kappa shape index (κ1) is 15.1. The lowest BCUT2D eigenvalue weighted by Crippen LogP contribution is -2.39. The third-order valence-electron chi connectivity index (χ3n) is 5.81. The van der Waals surface area contributed by atoms with Crippen LogP contribution in [0.4, 0.5) is 0 Å². The van der Waals surface area contributed by atoms with Gasteiger partial charge in [-0.15, -0.1) is 0 Å². The van der Waals surface area contributed by atoms with Crippen LogP contribution in [-0.2, 0) is 6.42 Å². The molecule has 1 N–H and O–H groups in total. The van der Waals surface area contributed by atoms with E-state index >= 15 is 0 Å². The smallest absolute Gasteiger partial charge is 0.0374 e. The first-order valence-corrected chi connectivity index (χ1v) is 8.98. The van der Waals surface area contributed by atoms with E-state index < -0.39 is 0 Å². The van der Waals surface area contributed by atoms with E-state index in [9.17, 15) is 0 Å². The van der Waals surface area contributed by atoms with E-state index in [0.29, 0.717) is 11.5 Å².